The van der Waals surface area contributed by atoms with Crippen LogP contribution in [0.3, 0.4) is 0 Å². The van der Waals surface area contributed by atoms with Gasteiger partial charge in [-0.15, -0.1) is 0 Å². The number of hydrogen-bond acceptors (Lipinski definition) is 12. The number of piperidine rings is 4. The molecule has 8 aliphatic rings. The number of rotatable bonds is 4. The highest BCUT2D eigenvalue weighted by Crippen LogP contribution is 2.35. The number of hydrogen-bond donors (Lipinski definition) is 8. The van der Waals surface area contributed by atoms with Gasteiger partial charge in [0.1, 0.15) is 24.1 Å². The van der Waals surface area contributed by atoms with Crippen molar-refractivity contribution in [3.8, 4) is 0 Å². The zero-order valence-electron chi connectivity index (χ0n) is 69.1. The van der Waals surface area contributed by atoms with Gasteiger partial charge in [0.15, 0.2) is 0 Å². The summed E-state index contributed by atoms with van der Waals surface area (Å²) in [4.78, 5) is 103. The van der Waals surface area contributed by atoms with Gasteiger partial charge in [-0.3, -0.25) is 38.4 Å². The van der Waals surface area contributed by atoms with Crippen LogP contribution in [0.2, 0.25) is 0 Å². The average Bonchev–Trinajstić information content (AvgIpc) is 1.59. The number of amides is 8. The topological polar surface area (TPSA) is 302 Å². The molecule has 4 aromatic rings. The Bertz CT molecular complexity index is 4770. The third-order valence-corrected chi connectivity index (χ3v) is 11.3. The molecular weight excluding hydrogens is 981 g/mol. The lowest BCUT2D eigenvalue weighted by Gasteiger charge is -2.30. The molecule has 77 heavy (non-hydrogen) atoms. The zero-order chi connectivity index (χ0) is 81.1. The van der Waals surface area contributed by atoms with Gasteiger partial charge >= 0.3 is 0 Å². The Hall–Kier alpha value is -9.20. The fourth-order valence-corrected chi connectivity index (χ4v) is 7.69. The Morgan fingerprint density at radius 3 is 1.14 bits per heavy atom. The summed E-state index contributed by atoms with van der Waals surface area (Å²) in [6, 6.07) is -8.13. The maximum Gasteiger partial charge on any atom is 0.255 e. The lowest BCUT2D eigenvalue weighted by Crippen LogP contribution is -2.49. The molecule has 0 bridgehead atoms. The number of nitrogens with zero attached hydrogens (tertiary/aromatic N) is 4. The lowest BCUT2D eigenvalue weighted by atomic mass is 10.0. The van der Waals surface area contributed by atoms with Crippen LogP contribution in [0.1, 0.15) is 163 Å². The van der Waals surface area contributed by atoms with E-state index in [0.29, 0.717) is 15.4 Å². The Morgan fingerprint density at radius 1 is 0.442 bits per heavy atom. The largest absolute Gasteiger partial charge is 0.398 e. The van der Waals surface area contributed by atoms with Crippen molar-refractivity contribution in [2.75, 3.05) is 22.9 Å². The van der Waals surface area contributed by atoms with E-state index in [9.17, 15) is 38.4 Å². The molecule has 20 nitrogen and oxygen atoms in total. The van der Waals surface area contributed by atoms with E-state index in [1.807, 2.05) is 16.0 Å². The number of nitrogens with two attached hydrogens (primary N) is 4. The number of allylic oxidation sites excluding steroid dienone is 4. The summed E-state index contributed by atoms with van der Waals surface area (Å²) >= 11 is 0. The Morgan fingerprint density at radius 2 is 0.740 bits per heavy atom. The van der Waals surface area contributed by atoms with E-state index in [4.69, 9.17) is 64.1 Å². The van der Waals surface area contributed by atoms with Crippen molar-refractivity contribution in [3.05, 3.63) is 166 Å². The average molecular weight is 1080 g/mol. The number of nitrogen functional groups attached to an aromatic ring is 4. The summed E-state index contributed by atoms with van der Waals surface area (Å²) in [6.07, 6.45) is -24.6. The molecule has 12 rings (SSSR count). The molecule has 8 amide bonds. The minimum Gasteiger partial charge on any atom is -0.398 e. The summed E-state index contributed by atoms with van der Waals surface area (Å²) in [5, 5.41) is 7.95. The summed E-state index contributed by atoms with van der Waals surface area (Å²) in [5.74, 6) is -9.85. The van der Waals surface area contributed by atoms with Crippen LogP contribution >= 0.6 is 0 Å². The van der Waals surface area contributed by atoms with Crippen LogP contribution in [0.5, 0.6) is 0 Å². The Labute approximate surface area is 488 Å². The SMILES string of the molecule is C.[2H]C1([2H])C(=C)NC(=O)[C@@]([2H])(N2Cc3c(N)cccc3C2=O)C1([2H])[2H].[2H]C1([2H])c2c(N)cccc2C(=O)N1[C@]1([2H])C(=O)NC(=C)C([2H])([2H])C1([2H])[2H].[2H]c1c([2H])c(N)c2c(c1[2H])C(=O)N([C@]1([2H])C(=O)NC(=C)C([2H])([2H])C1([2H])[2H])C2.[2H]c1c([2H])c(N)c2c(c1[2H])C(=O)N([C@]1([2H])C(=O)NC(=C)C([2H])([2H])C1([2H])[2H])C2([2H])[2H]. The third kappa shape index (κ3) is 10.6. The normalized spacial score (nSPS) is 38.2. The monoisotopic (exact) mass is 1070 g/mol. The summed E-state index contributed by atoms with van der Waals surface area (Å²) in [6.45, 7) is 6.31. The molecule has 0 unspecified atom stereocenters. The van der Waals surface area contributed by atoms with Crippen molar-refractivity contribution in [1.29, 1.82) is 0 Å². The van der Waals surface area contributed by atoms with Gasteiger partial charge < -0.3 is 63.8 Å². The first-order valence-corrected chi connectivity index (χ1v) is 21.8. The van der Waals surface area contributed by atoms with Gasteiger partial charge in [0.2, 0.25) is 23.6 Å². The predicted molar refractivity (Wildman–Crippen MR) is 291 cm³/mol. The molecule has 0 radical (unpaired) electrons. The van der Waals surface area contributed by atoms with Gasteiger partial charge in [0.25, 0.3) is 23.6 Å². The molecule has 12 N–H and O–H groups in total. The molecule has 4 fully saturated rings. The van der Waals surface area contributed by atoms with E-state index in [1.54, 1.807) is 12.1 Å². The minimum atomic E-state index is -3.48. The van der Waals surface area contributed by atoms with Crippen LogP contribution < -0.4 is 44.2 Å². The predicted octanol–water partition coefficient (Wildman–Crippen LogP) is 4.70. The third-order valence-electron chi connectivity index (χ3n) is 11.3. The van der Waals surface area contributed by atoms with Crippen molar-refractivity contribution in [2.45, 2.75) is 109 Å². The first-order chi connectivity index (χ1) is 47.9. The molecule has 4 atom stereocenters. The maximum absolute atomic E-state index is 13.0. The van der Waals surface area contributed by atoms with E-state index < -0.39 is 223 Å². The maximum atomic E-state index is 13.0. The quantitative estimate of drug-likeness (QED) is 0.129. The van der Waals surface area contributed by atoms with Gasteiger partial charge in [0, 0.05) is 138 Å². The Kier molecular flexibility index (Phi) is 7.85. The standard InChI is InChI=1S/4C14H15N3O2.CH4/c4*1-8-5-6-12(13(18)16-8)17-7-10-9(14(17)19)3-2-4-11(10)15;/h4*2-4,12H,1,5-7,15H2,(H,16,18);1H4/t4*12-;/m0000./s1/i2D,3D,4D,5D2,6D2,7D2,12D;2D,3D,4D,5D2,6D2,12D;5D2,6D2,7D2,12D;5D2,6D2,12D;. The van der Waals surface area contributed by atoms with Gasteiger partial charge in [-0.05, 0) is 99.4 Å². The van der Waals surface area contributed by atoms with Crippen LogP contribution in [-0.4, -0.2) is 90.9 Å². The van der Waals surface area contributed by atoms with Crippen LogP contribution in [0, 0.1) is 0 Å². The summed E-state index contributed by atoms with van der Waals surface area (Å²) in [7, 11) is 0. The van der Waals surface area contributed by atoms with Gasteiger partial charge in [-0.25, -0.2) is 0 Å². The number of carbonyl (C=O) groups is 8. The van der Waals surface area contributed by atoms with Crippen molar-refractivity contribution < 1.29 is 79.5 Å². The van der Waals surface area contributed by atoms with Crippen LogP contribution in [0.25, 0.3) is 0 Å². The van der Waals surface area contributed by atoms with Crippen molar-refractivity contribution in [1.82, 2.24) is 40.9 Å². The molecule has 20 heteroatoms. The van der Waals surface area contributed by atoms with E-state index in [2.05, 4.69) is 31.6 Å². The first kappa shape index (κ1) is 27.5. The fraction of sp³-hybridized carbons (Fsp3) is 0.298. The summed E-state index contributed by atoms with van der Waals surface area (Å²) < 4.78 is 242. The van der Waals surface area contributed by atoms with Gasteiger partial charge in [0.05, 0.1) is 19.2 Å². The second-order valence-electron chi connectivity index (χ2n) is 16.2. The van der Waals surface area contributed by atoms with E-state index in [-0.39, 0.29) is 63.1 Å². The highest BCUT2D eigenvalue weighted by atomic mass is 16.2. The highest BCUT2D eigenvalue weighted by molar-refractivity contribution is 6.05. The van der Waals surface area contributed by atoms with Crippen LogP contribution in [0.4, 0.5) is 22.7 Å². The number of carbonyl (C=O) groups excluding carboxylic acids is 8. The van der Waals surface area contributed by atoms with Gasteiger partial charge in [-0.2, -0.15) is 0 Å². The number of anilines is 4. The molecular formula is C57H64N12O8. The van der Waals surface area contributed by atoms with E-state index in [1.165, 1.54) is 24.3 Å². The molecule has 4 aromatic carbocycles. The van der Waals surface area contributed by atoms with E-state index in [0.717, 1.165) is 0 Å². The fourth-order valence-electron chi connectivity index (χ4n) is 7.69. The minimum absolute atomic E-state index is 0. The van der Waals surface area contributed by atoms with Crippen LogP contribution in [0.15, 0.2) is 122 Å². The second kappa shape index (κ2) is 21.9. The molecule has 0 aromatic heterocycles. The van der Waals surface area contributed by atoms with Crippen LogP contribution in [-0.2, 0) is 45.3 Å². The van der Waals surface area contributed by atoms with E-state index >= 15 is 0 Å². The number of benzene rings is 4. The lowest BCUT2D eigenvalue weighted by molar-refractivity contribution is -0.127. The molecule has 0 spiro atoms. The molecule has 8 aliphatic heterocycles. The molecule has 8 heterocycles. The molecule has 0 aliphatic carbocycles. The van der Waals surface area contributed by atoms with Crippen molar-refractivity contribution in [3.63, 3.8) is 0 Å². The second-order valence-corrected chi connectivity index (χ2v) is 16.2. The van der Waals surface area contributed by atoms with Crippen molar-refractivity contribution >= 4 is 70.0 Å². The number of nitrogens with one attached hydrogen (secondary N) is 4. The number of fused-ring (bicyclic) bond motifs is 4. The summed E-state index contributed by atoms with van der Waals surface area (Å²) in [5.41, 5.74) is 18.0. The zero-order valence-corrected chi connectivity index (χ0v) is 39.1. The molecule has 0 saturated carbocycles. The highest BCUT2D eigenvalue weighted by Gasteiger charge is 2.42. The Balaban J connectivity index is 0.000000180. The molecule has 400 valence electrons. The first-order valence-electron chi connectivity index (χ1n) is 36.8. The van der Waals surface area contributed by atoms with Crippen molar-refractivity contribution in [2.24, 2.45) is 0 Å². The molecule has 4 saturated heterocycles. The smallest absolute Gasteiger partial charge is 0.255 e. The van der Waals surface area contributed by atoms with Gasteiger partial charge in [-0.1, -0.05) is 58.0 Å².